The molecule has 0 saturated carbocycles. The number of rotatable bonds is 6. The standard InChI is InChI=1S/C28H22N2O2/c31-30(32)19-25(22-17-15-21(16-18-22)20-9-3-1-4-10-20)27-24-13-7-8-14-26(24)29-28(27)23-11-5-2-6-12-23/h1-18,25,29H,19H2. The highest BCUT2D eigenvalue weighted by molar-refractivity contribution is 5.92. The first-order valence-electron chi connectivity index (χ1n) is 10.6. The van der Waals surface area contributed by atoms with Crippen LogP contribution < -0.4 is 0 Å². The molecule has 0 aliphatic carbocycles. The van der Waals surface area contributed by atoms with Crippen LogP contribution >= 0.6 is 0 Å². The minimum Gasteiger partial charge on any atom is -0.354 e. The summed E-state index contributed by atoms with van der Waals surface area (Å²) in [6.45, 7) is -0.174. The van der Waals surface area contributed by atoms with Crippen LogP contribution in [-0.2, 0) is 0 Å². The van der Waals surface area contributed by atoms with Crippen molar-refractivity contribution in [1.82, 2.24) is 4.98 Å². The van der Waals surface area contributed by atoms with E-state index in [4.69, 9.17) is 0 Å². The lowest BCUT2D eigenvalue weighted by molar-refractivity contribution is -0.481. The SMILES string of the molecule is O=[N+]([O-])CC(c1ccc(-c2ccccc2)cc1)c1c(-c2ccccc2)[nH]c2ccccc12. The number of aromatic amines is 1. The Morgan fingerprint density at radius 2 is 1.25 bits per heavy atom. The van der Waals surface area contributed by atoms with Crippen LogP contribution in [0.1, 0.15) is 17.0 Å². The third-order valence-electron chi connectivity index (χ3n) is 5.91. The van der Waals surface area contributed by atoms with E-state index < -0.39 is 0 Å². The van der Waals surface area contributed by atoms with Crippen LogP contribution in [0.15, 0.2) is 109 Å². The number of benzene rings is 4. The maximum absolute atomic E-state index is 11.7. The number of para-hydroxylation sites is 1. The number of hydrogen-bond donors (Lipinski definition) is 1. The van der Waals surface area contributed by atoms with Gasteiger partial charge < -0.3 is 4.98 Å². The fraction of sp³-hybridized carbons (Fsp3) is 0.0714. The number of hydrogen-bond acceptors (Lipinski definition) is 2. The second kappa shape index (κ2) is 8.52. The van der Waals surface area contributed by atoms with E-state index in [0.717, 1.165) is 44.4 Å². The molecule has 0 aliphatic rings. The van der Waals surface area contributed by atoms with Gasteiger partial charge in [0.2, 0.25) is 6.54 Å². The topological polar surface area (TPSA) is 58.9 Å². The van der Waals surface area contributed by atoms with E-state index in [9.17, 15) is 10.1 Å². The summed E-state index contributed by atoms with van der Waals surface area (Å²) >= 11 is 0. The van der Waals surface area contributed by atoms with Gasteiger partial charge in [-0.15, -0.1) is 0 Å². The van der Waals surface area contributed by atoms with Crippen LogP contribution in [-0.4, -0.2) is 16.5 Å². The van der Waals surface area contributed by atoms with Crippen molar-refractivity contribution in [2.24, 2.45) is 0 Å². The van der Waals surface area contributed by atoms with E-state index in [0.29, 0.717) is 0 Å². The van der Waals surface area contributed by atoms with Crippen molar-refractivity contribution in [3.05, 3.63) is 130 Å². The molecule has 4 aromatic carbocycles. The summed E-state index contributed by atoms with van der Waals surface area (Å²) in [6, 6.07) is 36.3. The molecule has 5 aromatic rings. The smallest absolute Gasteiger partial charge is 0.214 e. The van der Waals surface area contributed by atoms with Gasteiger partial charge in [-0.3, -0.25) is 10.1 Å². The van der Waals surface area contributed by atoms with E-state index in [1.165, 1.54) is 0 Å². The first-order valence-corrected chi connectivity index (χ1v) is 10.6. The van der Waals surface area contributed by atoms with Crippen molar-refractivity contribution in [1.29, 1.82) is 0 Å². The zero-order valence-corrected chi connectivity index (χ0v) is 17.4. The summed E-state index contributed by atoms with van der Waals surface area (Å²) in [4.78, 5) is 15.0. The van der Waals surface area contributed by atoms with Gasteiger partial charge in [-0.25, -0.2) is 0 Å². The quantitative estimate of drug-likeness (QED) is 0.241. The van der Waals surface area contributed by atoms with E-state index in [1.807, 2.05) is 84.9 Å². The number of fused-ring (bicyclic) bond motifs is 1. The van der Waals surface area contributed by atoms with Crippen molar-refractivity contribution in [2.45, 2.75) is 5.92 Å². The molecule has 1 N–H and O–H groups in total. The van der Waals surface area contributed by atoms with Gasteiger partial charge in [0.05, 0.1) is 11.6 Å². The van der Waals surface area contributed by atoms with Crippen molar-refractivity contribution in [2.75, 3.05) is 6.54 Å². The van der Waals surface area contributed by atoms with E-state index in [1.54, 1.807) is 0 Å². The molecule has 0 bridgehead atoms. The predicted molar refractivity (Wildman–Crippen MR) is 129 cm³/mol. The van der Waals surface area contributed by atoms with Gasteiger partial charge in [0.15, 0.2) is 0 Å². The molecule has 1 heterocycles. The zero-order valence-electron chi connectivity index (χ0n) is 17.4. The van der Waals surface area contributed by atoms with Crippen molar-refractivity contribution in [3.8, 4) is 22.4 Å². The molecule has 4 nitrogen and oxygen atoms in total. The molecule has 1 aromatic heterocycles. The van der Waals surface area contributed by atoms with Gasteiger partial charge in [0.1, 0.15) is 0 Å². The van der Waals surface area contributed by atoms with Gasteiger partial charge in [-0.1, -0.05) is 103 Å². The molecule has 32 heavy (non-hydrogen) atoms. The minimum atomic E-state index is -0.374. The largest absolute Gasteiger partial charge is 0.354 e. The van der Waals surface area contributed by atoms with Crippen LogP contribution in [0.5, 0.6) is 0 Å². The number of nitro groups is 1. The molecule has 4 heteroatoms. The average molecular weight is 418 g/mol. The lowest BCUT2D eigenvalue weighted by Gasteiger charge is -2.16. The van der Waals surface area contributed by atoms with Crippen LogP contribution in [0.2, 0.25) is 0 Å². The second-order valence-electron chi connectivity index (χ2n) is 7.88. The van der Waals surface area contributed by atoms with Gasteiger partial charge in [-0.05, 0) is 33.9 Å². The number of aromatic nitrogens is 1. The first-order chi connectivity index (χ1) is 15.7. The Balaban J connectivity index is 1.67. The zero-order chi connectivity index (χ0) is 21.9. The molecule has 1 unspecified atom stereocenters. The van der Waals surface area contributed by atoms with Gasteiger partial charge in [-0.2, -0.15) is 0 Å². The Bertz CT molecular complexity index is 1360. The van der Waals surface area contributed by atoms with Gasteiger partial charge in [0, 0.05) is 15.8 Å². The first kappa shape index (κ1) is 19.8. The predicted octanol–water partition coefficient (Wildman–Crippen LogP) is 6.91. The molecule has 5 rings (SSSR count). The maximum Gasteiger partial charge on any atom is 0.214 e. The van der Waals surface area contributed by atoms with E-state index >= 15 is 0 Å². The van der Waals surface area contributed by atoms with Crippen LogP contribution in [0.25, 0.3) is 33.3 Å². The summed E-state index contributed by atoms with van der Waals surface area (Å²) in [6.07, 6.45) is 0. The highest BCUT2D eigenvalue weighted by atomic mass is 16.6. The van der Waals surface area contributed by atoms with Crippen molar-refractivity contribution >= 4 is 10.9 Å². The summed E-state index contributed by atoms with van der Waals surface area (Å²) in [5.41, 5.74) is 7.06. The molecule has 156 valence electrons. The molecule has 0 amide bonds. The Hall–Kier alpha value is -4.18. The summed E-state index contributed by atoms with van der Waals surface area (Å²) < 4.78 is 0. The molecule has 0 aliphatic heterocycles. The highest BCUT2D eigenvalue weighted by Gasteiger charge is 2.27. The normalized spacial score (nSPS) is 12.0. The molecular weight excluding hydrogens is 396 g/mol. The second-order valence-corrected chi connectivity index (χ2v) is 7.88. The van der Waals surface area contributed by atoms with Crippen molar-refractivity contribution in [3.63, 3.8) is 0 Å². The minimum absolute atomic E-state index is 0.174. The Kier molecular flexibility index (Phi) is 5.26. The van der Waals surface area contributed by atoms with E-state index in [-0.39, 0.29) is 17.4 Å². The third kappa shape index (κ3) is 3.79. The van der Waals surface area contributed by atoms with Gasteiger partial charge in [0.25, 0.3) is 0 Å². The molecule has 0 radical (unpaired) electrons. The lowest BCUT2D eigenvalue weighted by atomic mass is 9.87. The van der Waals surface area contributed by atoms with Crippen LogP contribution in [0, 0.1) is 10.1 Å². The number of nitrogens with zero attached hydrogens (tertiary/aromatic N) is 1. The van der Waals surface area contributed by atoms with Crippen LogP contribution in [0.4, 0.5) is 0 Å². The third-order valence-corrected chi connectivity index (χ3v) is 5.91. The van der Waals surface area contributed by atoms with Crippen LogP contribution in [0.3, 0.4) is 0 Å². The molecule has 0 spiro atoms. The molecule has 0 fully saturated rings. The average Bonchev–Trinajstić information content (AvgIpc) is 3.23. The monoisotopic (exact) mass is 418 g/mol. The lowest BCUT2D eigenvalue weighted by Crippen LogP contribution is -2.14. The summed E-state index contributed by atoms with van der Waals surface area (Å²) in [7, 11) is 0. The van der Waals surface area contributed by atoms with Gasteiger partial charge >= 0.3 is 0 Å². The molecule has 1 atom stereocenters. The molecule has 0 saturated heterocycles. The fourth-order valence-electron chi connectivity index (χ4n) is 4.41. The van der Waals surface area contributed by atoms with Crippen molar-refractivity contribution < 1.29 is 4.92 Å². The Morgan fingerprint density at radius 3 is 1.91 bits per heavy atom. The summed E-state index contributed by atoms with van der Waals surface area (Å²) in [5.74, 6) is -0.374. The Labute approximate surface area is 186 Å². The number of nitrogens with one attached hydrogen (secondary N) is 1. The fourth-order valence-corrected chi connectivity index (χ4v) is 4.41. The maximum atomic E-state index is 11.7. The van der Waals surface area contributed by atoms with E-state index in [2.05, 4.69) is 29.2 Å². The number of H-pyrrole nitrogens is 1. The summed E-state index contributed by atoms with van der Waals surface area (Å²) in [5, 5.41) is 12.8. The Morgan fingerprint density at radius 1 is 0.688 bits per heavy atom. The molecular formula is C28H22N2O2. The highest BCUT2D eigenvalue weighted by Crippen LogP contribution is 2.39.